The first kappa shape index (κ1) is 20.4. The van der Waals surface area contributed by atoms with Gasteiger partial charge >= 0.3 is 0 Å². The molecule has 2 N–H and O–H groups in total. The van der Waals surface area contributed by atoms with Crippen LogP contribution in [0, 0.1) is 6.92 Å². The summed E-state index contributed by atoms with van der Waals surface area (Å²) in [5, 5.41) is 13.7. The summed E-state index contributed by atoms with van der Waals surface area (Å²) in [6.45, 7) is 2.08. The lowest BCUT2D eigenvalue weighted by atomic mass is 10.0. The van der Waals surface area contributed by atoms with E-state index in [9.17, 15) is 9.90 Å². The highest BCUT2D eigenvalue weighted by Gasteiger charge is 2.21. The minimum Gasteiger partial charge on any atom is -0.493 e. The van der Waals surface area contributed by atoms with Crippen LogP contribution in [0.5, 0.6) is 11.5 Å². The number of rotatable bonds is 7. The van der Waals surface area contributed by atoms with E-state index >= 15 is 0 Å². The van der Waals surface area contributed by atoms with Crippen LogP contribution >= 0.6 is 23.2 Å². The number of amides is 1. The summed E-state index contributed by atoms with van der Waals surface area (Å²) in [4.78, 5) is 12.2. The number of halogens is 2. The number of methoxy groups -OCH3 is 2. The molecule has 0 spiro atoms. The van der Waals surface area contributed by atoms with Crippen molar-refractivity contribution in [2.45, 2.75) is 19.4 Å². The molecule has 0 aliphatic rings. The van der Waals surface area contributed by atoms with Gasteiger partial charge in [0, 0.05) is 6.54 Å². The van der Waals surface area contributed by atoms with E-state index in [4.69, 9.17) is 32.7 Å². The van der Waals surface area contributed by atoms with Crippen molar-refractivity contribution in [2.75, 3.05) is 20.8 Å². The molecule has 2 aromatic rings. The highest BCUT2D eigenvalue weighted by atomic mass is 35.5. The summed E-state index contributed by atoms with van der Waals surface area (Å²) < 4.78 is 10.5. The molecule has 0 aliphatic heterocycles. The smallest absolute Gasteiger partial charge is 0.253 e. The van der Waals surface area contributed by atoms with Gasteiger partial charge in [-0.1, -0.05) is 35.3 Å². The molecular weight excluding hydrogens is 377 g/mol. The zero-order valence-electron chi connectivity index (χ0n) is 14.8. The lowest BCUT2D eigenvalue weighted by Gasteiger charge is -2.15. The van der Waals surface area contributed by atoms with E-state index in [1.165, 1.54) is 0 Å². The number of aliphatic hydroxyl groups is 1. The van der Waals surface area contributed by atoms with Crippen LogP contribution < -0.4 is 14.8 Å². The molecule has 1 unspecified atom stereocenters. The fourth-order valence-electron chi connectivity index (χ4n) is 2.57. The van der Waals surface area contributed by atoms with Crippen molar-refractivity contribution in [1.82, 2.24) is 5.32 Å². The summed E-state index contributed by atoms with van der Waals surface area (Å²) in [5.41, 5.74) is 1.99. The number of carbonyl (C=O) groups excluding carboxylic acids is 1. The minimum absolute atomic E-state index is 0.335. The Hall–Kier alpha value is -1.95. The summed E-state index contributed by atoms with van der Waals surface area (Å²) in [7, 11) is 3.14. The Bertz CT molecular complexity index is 795. The molecule has 1 atom stereocenters. The molecule has 0 bridgehead atoms. The number of carbonyl (C=O) groups is 1. The first-order valence-electron chi connectivity index (χ1n) is 8.00. The fourth-order valence-corrected chi connectivity index (χ4v) is 2.94. The summed E-state index contributed by atoms with van der Waals surface area (Å²) in [6.07, 6.45) is -0.728. The average molecular weight is 398 g/mol. The van der Waals surface area contributed by atoms with Crippen molar-refractivity contribution in [3.63, 3.8) is 0 Å². The predicted molar refractivity (Wildman–Crippen MR) is 102 cm³/mol. The summed E-state index contributed by atoms with van der Waals surface area (Å²) in [5.74, 6) is 0.778. The average Bonchev–Trinajstić information content (AvgIpc) is 2.65. The van der Waals surface area contributed by atoms with E-state index in [1.807, 2.05) is 18.2 Å². The molecule has 2 aromatic carbocycles. The maximum atomic E-state index is 12.2. The number of aliphatic hydroxyl groups excluding tert-OH is 1. The van der Waals surface area contributed by atoms with E-state index in [1.54, 1.807) is 33.3 Å². The molecule has 0 saturated carbocycles. The minimum atomic E-state index is -1.31. The van der Waals surface area contributed by atoms with Crippen LogP contribution in [0.1, 0.15) is 22.8 Å². The highest BCUT2D eigenvalue weighted by Crippen LogP contribution is 2.31. The Labute approximate surface area is 162 Å². The third-order valence-corrected chi connectivity index (χ3v) is 4.98. The topological polar surface area (TPSA) is 67.8 Å². The van der Waals surface area contributed by atoms with Crippen LogP contribution in [0.25, 0.3) is 0 Å². The van der Waals surface area contributed by atoms with Crippen LogP contribution in [-0.4, -0.2) is 31.8 Å². The van der Waals surface area contributed by atoms with Crippen LogP contribution in [0.15, 0.2) is 30.3 Å². The molecule has 26 heavy (non-hydrogen) atoms. The van der Waals surface area contributed by atoms with Gasteiger partial charge < -0.3 is 19.9 Å². The monoisotopic (exact) mass is 397 g/mol. The van der Waals surface area contributed by atoms with Crippen molar-refractivity contribution >= 4 is 29.1 Å². The number of benzene rings is 2. The van der Waals surface area contributed by atoms with Gasteiger partial charge in [0.15, 0.2) is 17.6 Å². The number of ether oxygens (including phenoxy) is 2. The van der Waals surface area contributed by atoms with Crippen LogP contribution in [0.2, 0.25) is 10.0 Å². The van der Waals surface area contributed by atoms with Gasteiger partial charge in [0.05, 0.1) is 24.3 Å². The molecule has 5 nitrogen and oxygen atoms in total. The summed E-state index contributed by atoms with van der Waals surface area (Å²) >= 11 is 12.0. The molecule has 7 heteroatoms. The molecule has 1 amide bonds. The quantitative estimate of drug-likeness (QED) is 0.746. The Balaban J connectivity index is 1.97. The van der Waals surface area contributed by atoms with Crippen molar-refractivity contribution in [3.05, 3.63) is 57.1 Å². The van der Waals surface area contributed by atoms with Gasteiger partial charge in [0.1, 0.15) is 0 Å². The molecule has 140 valence electrons. The van der Waals surface area contributed by atoms with Crippen LogP contribution in [0.4, 0.5) is 0 Å². The van der Waals surface area contributed by atoms with E-state index in [2.05, 4.69) is 5.32 Å². The molecule has 0 aliphatic carbocycles. The second-order valence-electron chi connectivity index (χ2n) is 5.71. The second kappa shape index (κ2) is 9.12. The van der Waals surface area contributed by atoms with Crippen LogP contribution in [-0.2, 0) is 11.2 Å². The molecule has 0 saturated heterocycles. The van der Waals surface area contributed by atoms with Gasteiger partial charge in [-0.3, -0.25) is 4.79 Å². The second-order valence-corrected chi connectivity index (χ2v) is 6.49. The SMILES string of the molecule is COc1ccc(CCNC(=O)C(O)c2ccc(Cl)c(Cl)c2C)cc1OC. The standard InChI is InChI=1S/C19H21Cl2NO4/c1-11-13(5-6-14(20)17(11)21)18(23)19(24)22-9-8-12-4-7-15(25-2)16(10-12)26-3/h4-7,10,18,23H,8-9H2,1-3H3,(H,22,24). The molecule has 0 fully saturated rings. The highest BCUT2D eigenvalue weighted by molar-refractivity contribution is 6.42. The number of nitrogens with one attached hydrogen (secondary N) is 1. The number of hydrogen-bond acceptors (Lipinski definition) is 4. The van der Waals surface area contributed by atoms with E-state index in [0.29, 0.717) is 45.6 Å². The van der Waals surface area contributed by atoms with E-state index in [0.717, 1.165) is 5.56 Å². The Kier molecular flexibility index (Phi) is 7.14. The Morgan fingerprint density at radius 2 is 1.85 bits per heavy atom. The molecule has 0 radical (unpaired) electrons. The third-order valence-electron chi connectivity index (χ3n) is 4.08. The Morgan fingerprint density at radius 3 is 2.50 bits per heavy atom. The largest absolute Gasteiger partial charge is 0.493 e. The lowest BCUT2D eigenvalue weighted by Crippen LogP contribution is -2.31. The summed E-state index contributed by atoms with van der Waals surface area (Å²) in [6, 6.07) is 8.72. The van der Waals surface area contributed by atoms with Crippen molar-refractivity contribution in [2.24, 2.45) is 0 Å². The first-order valence-corrected chi connectivity index (χ1v) is 8.75. The van der Waals surface area contributed by atoms with Gasteiger partial charge in [-0.2, -0.15) is 0 Å². The van der Waals surface area contributed by atoms with Gasteiger partial charge in [-0.05, 0) is 48.2 Å². The normalized spacial score (nSPS) is 11.8. The maximum Gasteiger partial charge on any atom is 0.253 e. The first-order chi connectivity index (χ1) is 12.4. The Morgan fingerprint density at radius 1 is 1.15 bits per heavy atom. The maximum absolute atomic E-state index is 12.2. The van der Waals surface area contributed by atoms with Gasteiger partial charge in [-0.15, -0.1) is 0 Å². The lowest BCUT2D eigenvalue weighted by molar-refractivity contribution is -0.129. The van der Waals surface area contributed by atoms with Gasteiger partial charge in [0.25, 0.3) is 5.91 Å². The zero-order valence-corrected chi connectivity index (χ0v) is 16.3. The van der Waals surface area contributed by atoms with Crippen LogP contribution in [0.3, 0.4) is 0 Å². The van der Waals surface area contributed by atoms with Crippen molar-refractivity contribution < 1.29 is 19.4 Å². The van der Waals surface area contributed by atoms with Crippen molar-refractivity contribution in [3.8, 4) is 11.5 Å². The van der Waals surface area contributed by atoms with Gasteiger partial charge in [0.2, 0.25) is 0 Å². The fraction of sp³-hybridized carbons (Fsp3) is 0.316. The third kappa shape index (κ3) is 4.61. The predicted octanol–water partition coefficient (Wildman–Crippen LogP) is 3.71. The van der Waals surface area contributed by atoms with E-state index < -0.39 is 12.0 Å². The molecule has 0 aromatic heterocycles. The van der Waals surface area contributed by atoms with E-state index in [-0.39, 0.29) is 0 Å². The van der Waals surface area contributed by atoms with Gasteiger partial charge in [-0.25, -0.2) is 0 Å². The van der Waals surface area contributed by atoms with Crippen molar-refractivity contribution in [1.29, 1.82) is 0 Å². The number of hydrogen-bond donors (Lipinski definition) is 2. The zero-order chi connectivity index (χ0) is 19.3. The molecule has 0 heterocycles. The molecule has 2 rings (SSSR count). The molecular formula is C19H21Cl2NO4.